The van der Waals surface area contributed by atoms with Crippen LogP contribution in [0.4, 0.5) is 16.0 Å². The van der Waals surface area contributed by atoms with Gasteiger partial charge in [-0.1, -0.05) is 0 Å². The zero-order valence-corrected chi connectivity index (χ0v) is 9.33. The number of rotatable bonds is 3. The normalized spacial score (nSPS) is 10.0. The number of hydrogen-bond donors (Lipinski definition) is 0. The fraction of sp³-hybridized carbons (Fsp3) is 0.571. The zero-order chi connectivity index (χ0) is 10.9. The Morgan fingerprint density at radius 3 is 2.14 bits per heavy atom. The average molecular weight is 216 g/mol. The molecule has 1 aromatic heterocycles. The molecule has 0 saturated heterocycles. The van der Waals surface area contributed by atoms with Gasteiger partial charge in [0.25, 0.3) is 5.82 Å². The van der Waals surface area contributed by atoms with Crippen molar-refractivity contribution in [3.8, 4) is 0 Å². The molecule has 1 heterocycles. The maximum absolute atomic E-state index is 10.5. The van der Waals surface area contributed by atoms with Crippen molar-refractivity contribution in [2.24, 2.45) is 0 Å². The smallest absolute Gasteiger partial charge is 0.364 e. The molecule has 78 valence electrons. The van der Waals surface area contributed by atoms with Crippen LogP contribution >= 0.6 is 11.3 Å². The molecule has 0 aliphatic rings. The maximum Gasteiger partial charge on any atom is 0.427 e. The van der Waals surface area contributed by atoms with Gasteiger partial charge in [-0.2, -0.15) is 0 Å². The van der Waals surface area contributed by atoms with Crippen LogP contribution < -0.4 is 9.80 Å². The summed E-state index contributed by atoms with van der Waals surface area (Å²) in [5, 5.41) is 11.2. The molecule has 0 bridgehead atoms. The molecule has 7 heteroatoms. The van der Waals surface area contributed by atoms with Crippen molar-refractivity contribution >= 4 is 27.3 Å². The van der Waals surface area contributed by atoms with E-state index in [0.29, 0.717) is 5.82 Å². The van der Waals surface area contributed by atoms with Crippen LogP contribution in [0.5, 0.6) is 0 Å². The molecule has 0 radical (unpaired) electrons. The maximum atomic E-state index is 10.5. The predicted molar refractivity (Wildman–Crippen MR) is 57.4 cm³/mol. The molecule has 1 rings (SSSR count). The third kappa shape index (κ3) is 1.92. The van der Waals surface area contributed by atoms with Crippen LogP contribution in [0.15, 0.2) is 0 Å². The SMILES string of the molecule is CN(C)c1nc([N+](=O)[O-])sc1N(C)C. The number of aromatic nitrogens is 1. The van der Waals surface area contributed by atoms with Gasteiger partial charge in [0.15, 0.2) is 5.00 Å². The van der Waals surface area contributed by atoms with Gasteiger partial charge in [0.2, 0.25) is 0 Å². The van der Waals surface area contributed by atoms with Crippen LogP contribution in [-0.2, 0) is 0 Å². The van der Waals surface area contributed by atoms with E-state index in [1.165, 1.54) is 0 Å². The fourth-order valence-corrected chi connectivity index (χ4v) is 1.84. The van der Waals surface area contributed by atoms with Crippen LogP contribution in [0.25, 0.3) is 0 Å². The van der Waals surface area contributed by atoms with E-state index in [9.17, 15) is 10.1 Å². The van der Waals surface area contributed by atoms with Gasteiger partial charge in [0.1, 0.15) is 0 Å². The number of anilines is 2. The van der Waals surface area contributed by atoms with E-state index in [1.54, 1.807) is 4.90 Å². The zero-order valence-electron chi connectivity index (χ0n) is 8.51. The van der Waals surface area contributed by atoms with Gasteiger partial charge in [-0.3, -0.25) is 0 Å². The van der Waals surface area contributed by atoms with Crippen LogP contribution in [0.3, 0.4) is 0 Å². The van der Waals surface area contributed by atoms with Gasteiger partial charge in [-0.25, -0.2) is 0 Å². The Hall–Kier alpha value is -1.37. The van der Waals surface area contributed by atoms with Crippen molar-refractivity contribution in [3.63, 3.8) is 0 Å². The molecule has 0 amide bonds. The van der Waals surface area contributed by atoms with Gasteiger partial charge in [0.05, 0.1) is 0 Å². The topological polar surface area (TPSA) is 62.5 Å². The van der Waals surface area contributed by atoms with E-state index >= 15 is 0 Å². The highest BCUT2D eigenvalue weighted by Gasteiger charge is 2.24. The summed E-state index contributed by atoms with van der Waals surface area (Å²) >= 11 is 1.08. The van der Waals surface area contributed by atoms with Crippen molar-refractivity contribution in [1.29, 1.82) is 0 Å². The van der Waals surface area contributed by atoms with Crippen molar-refractivity contribution in [3.05, 3.63) is 10.1 Å². The minimum Gasteiger partial charge on any atom is -0.364 e. The lowest BCUT2D eigenvalue weighted by Crippen LogP contribution is -2.15. The number of nitrogens with zero attached hydrogens (tertiary/aromatic N) is 4. The minimum absolute atomic E-state index is 0.0719. The lowest BCUT2D eigenvalue weighted by Gasteiger charge is -2.12. The van der Waals surface area contributed by atoms with Gasteiger partial charge >= 0.3 is 5.13 Å². The molecule has 0 fully saturated rings. The van der Waals surface area contributed by atoms with Crippen molar-refractivity contribution in [2.75, 3.05) is 38.0 Å². The standard InChI is InChI=1S/C7H12N4O2S/c1-9(2)5-6(10(3)4)14-7(8-5)11(12)13/h1-4H3. The fourth-order valence-electron chi connectivity index (χ4n) is 0.954. The summed E-state index contributed by atoms with van der Waals surface area (Å²) in [5.41, 5.74) is 0. The molecule has 0 aliphatic heterocycles. The van der Waals surface area contributed by atoms with Crippen LogP contribution in [0, 0.1) is 10.1 Å². The Labute approximate surface area is 85.9 Å². The van der Waals surface area contributed by atoms with Gasteiger partial charge in [-0.05, 0) is 21.2 Å². The van der Waals surface area contributed by atoms with E-state index in [1.807, 2.05) is 33.1 Å². The second-order valence-electron chi connectivity index (χ2n) is 3.17. The van der Waals surface area contributed by atoms with E-state index in [0.717, 1.165) is 16.3 Å². The van der Waals surface area contributed by atoms with Crippen molar-refractivity contribution in [2.45, 2.75) is 0 Å². The molecule has 0 spiro atoms. The number of hydrogen-bond acceptors (Lipinski definition) is 6. The highest BCUT2D eigenvalue weighted by atomic mass is 32.1. The third-order valence-electron chi connectivity index (χ3n) is 1.57. The lowest BCUT2D eigenvalue weighted by molar-refractivity contribution is -0.384. The van der Waals surface area contributed by atoms with Crippen LogP contribution in [0.1, 0.15) is 0 Å². The summed E-state index contributed by atoms with van der Waals surface area (Å²) in [6, 6.07) is 0. The van der Waals surface area contributed by atoms with E-state index in [-0.39, 0.29) is 5.13 Å². The summed E-state index contributed by atoms with van der Waals surface area (Å²) in [5.74, 6) is 0.631. The van der Waals surface area contributed by atoms with Crippen LogP contribution in [-0.4, -0.2) is 38.1 Å². The van der Waals surface area contributed by atoms with Gasteiger partial charge in [0, 0.05) is 28.2 Å². The van der Waals surface area contributed by atoms with Crippen LogP contribution in [0.2, 0.25) is 0 Å². The summed E-state index contributed by atoms with van der Waals surface area (Å²) in [4.78, 5) is 17.6. The third-order valence-corrected chi connectivity index (χ3v) is 2.73. The summed E-state index contributed by atoms with van der Waals surface area (Å²) in [6.45, 7) is 0. The molecule has 1 aromatic rings. The molecule has 0 aromatic carbocycles. The molecular weight excluding hydrogens is 204 g/mol. The highest BCUT2D eigenvalue weighted by Crippen LogP contribution is 2.36. The van der Waals surface area contributed by atoms with E-state index in [4.69, 9.17) is 0 Å². The van der Waals surface area contributed by atoms with Gasteiger partial charge < -0.3 is 19.9 Å². The molecule has 0 atom stereocenters. The minimum atomic E-state index is -0.468. The first-order chi connectivity index (χ1) is 6.43. The first-order valence-electron chi connectivity index (χ1n) is 3.93. The second kappa shape index (κ2) is 3.79. The molecule has 0 N–H and O–H groups in total. The number of nitro groups is 1. The summed E-state index contributed by atoms with van der Waals surface area (Å²) in [6.07, 6.45) is 0. The Balaban J connectivity index is 3.19. The molecule has 0 aliphatic carbocycles. The molecular formula is C7H12N4O2S. The molecule has 0 unspecified atom stereocenters. The summed E-state index contributed by atoms with van der Waals surface area (Å²) < 4.78 is 0. The first-order valence-corrected chi connectivity index (χ1v) is 4.75. The molecule has 14 heavy (non-hydrogen) atoms. The molecule has 6 nitrogen and oxygen atoms in total. The lowest BCUT2D eigenvalue weighted by atomic mass is 10.6. The number of thiazole rings is 1. The first kappa shape index (κ1) is 10.7. The Morgan fingerprint density at radius 1 is 1.29 bits per heavy atom. The Bertz CT molecular complexity index is 322. The largest absolute Gasteiger partial charge is 0.427 e. The van der Waals surface area contributed by atoms with E-state index < -0.39 is 4.92 Å². The highest BCUT2D eigenvalue weighted by molar-refractivity contribution is 7.19. The predicted octanol–water partition coefficient (Wildman–Crippen LogP) is 1.18. The second-order valence-corrected chi connectivity index (χ2v) is 4.13. The van der Waals surface area contributed by atoms with Crippen molar-refractivity contribution in [1.82, 2.24) is 4.98 Å². The quantitative estimate of drug-likeness (QED) is 0.561. The van der Waals surface area contributed by atoms with E-state index in [2.05, 4.69) is 4.98 Å². The monoisotopic (exact) mass is 216 g/mol. The molecule has 0 saturated carbocycles. The average Bonchev–Trinajstić information content (AvgIpc) is 2.47. The van der Waals surface area contributed by atoms with Gasteiger partial charge in [-0.15, -0.1) is 0 Å². The Kier molecular flexibility index (Phi) is 2.90. The Morgan fingerprint density at radius 2 is 1.86 bits per heavy atom. The summed E-state index contributed by atoms with van der Waals surface area (Å²) in [7, 11) is 7.30. The van der Waals surface area contributed by atoms with Crippen molar-refractivity contribution < 1.29 is 4.92 Å².